The molecule has 0 radical (unpaired) electrons. The van der Waals surface area contributed by atoms with E-state index >= 15 is 0 Å². The van der Waals surface area contributed by atoms with Gasteiger partial charge in [0.25, 0.3) is 0 Å². The Hall–Kier alpha value is -2.67. The third-order valence-corrected chi connectivity index (χ3v) is 9.04. The van der Waals surface area contributed by atoms with Gasteiger partial charge >= 0.3 is 6.18 Å². The normalized spacial score (nSPS) is 17.8. The van der Waals surface area contributed by atoms with Crippen LogP contribution < -0.4 is 15.5 Å². The lowest BCUT2D eigenvalue weighted by molar-refractivity contribution is -0.156. The number of halogens is 3. The second-order valence-electron chi connectivity index (χ2n) is 11.5. The summed E-state index contributed by atoms with van der Waals surface area (Å²) in [6, 6.07) is 8.65. The van der Waals surface area contributed by atoms with E-state index in [4.69, 9.17) is 9.47 Å². The van der Waals surface area contributed by atoms with Gasteiger partial charge in [-0.2, -0.15) is 13.2 Å². The van der Waals surface area contributed by atoms with Crippen molar-refractivity contribution in [2.75, 3.05) is 56.2 Å². The maximum absolute atomic E-state index is 13.7. The summed E-state index contributed by atoms with van der Waals surface area (Å²) in [7, 11) is -1.25. The predicted octanol–water partition coefficient (Wildman–Crippen LogP) is 4.81. The average molecular weight is 563 g/mol. The highest BCUT2D eigenvalue weighted by Gasteiger charge is 2.46. The van der Waals surface area contributed by atoms with Crippen LogP contribution in [0.5, 0.6) is 0 Å². The van der Waals surface area contributed by atoms with Crippen molar-refractivity contribution in [1.29, 1.82) is 0 Å². The fraction of sp³-hybridized carbons (Fsp3) is 0.556. The number of ether oxygens (including phenoxy) is 2. The van der Waals surface area contributed by atoms with Crippen LogP contribution in [0.4, 0.5) is 24.7 Å². The molecule has 0 saturated carbocycles. The van der Waals surface area contributed by atoms with Crippen molar-refractivity contribution in [3.63, 3.8) is 0 Å². The summed E-state index contributed by atoms with van der Waals surface area (Å²) in [5.41, 5.74) is 2.96. The molecule has 2 aromatic heterocycles. The van der Waals surface area contributed by atoms with Crippen LogP contribution in [0.2, 0.25) is 25.7 Å². The molecule has 4 heterocycles. The molecule has 0 bridgehead atoms. The quantitative estimate of drug-likeness (QED) is 0.271. The maximum Gasteiger partial charge on any atom is 0.408 e. The van der Waals surface area contributed by atoms with Crippen LogP contribution in [-0.2, 0) is 16.2 Å². The zero-order chi connectivity index (χ0) is 27.6. The van der Waals surface area contributed by atoms with Crippen LogP contribution in [0, 0.1) is 5.92 Å². The van der Waals surface area contributed by atoms with Gasteiger partial charge in [0.05, 0.1) is 24.3 Å². The van der Waals surface area contributed by atoms with E-state index in [1.54, 1.807) is 18.5 Å². The monoisotopic (exact) mass is 562 g/mol. The summed E-state index contributed by atoms with van der Waals surface area (Å²) in [5, 5.41) is 6.56. The number of benzene rings is 1. The molecule has 8 nitrogen and oxygen atoms in total. The van der Waals surface area contributed by atoms with E-state index in [2.05, 4.69) is 51.2 Å². The number of nitrogens with one attached hydrogen (secondary N) is 2. The van der Waals surface area contributed by atoms with Crippen molar-refractivity contribution in [3.8, 4) is 11.3 Å². The first-order valence-electron chi connectivity index (χ1n) is 13.5. The lowest BCUT2D eigenvalue weighted by atomic mass is 9.93. The number of morpholine rings is 1. The van der Waals surface area contributed by atoms with Gasteiger partial charge in [0.15, 0.2) is 0 Å². The Kier molecular flexibility index (Phi) is 8.18. The molecule has 5 rings (SSSR count). The third kappa shape index (κ3) is 6.56. The molecule has 212 valence electrons. The number of aromatic nitrogens is 3. The third-order valence-electron chi connectivity index (χ3n) is 7.34. The lowest BCUT2D eigenvalue weighted by Crippen LogP contribution is -2.56. The van der Waals surface area contributed by atoms with E-state index in [0.717, 1.165) is 47.2 Å². The van der Waals surface area contributed by atoms with E-state index in [-0.39, 0.29) is 0 Å². The predicted molar refractivity (Wildman–Crippen MR) is 150 cm³/mol. The van der Waals surface area contributed by atoms with Gasteiger partial charge < -0.3 is 29.6 Å². The Morgan fingerprint density at radius 1 is 1.13 bits per heavy atom. The first-order valence-corrected chi connectivity index (χ1v) is 17.2. The highest BCUT2D eigenvalue weighted by Crippen LogP contribution is 2.34. The molecule has 1 atom stereocenters. The number of hydrogen-bond acceptors (Lipinski definition) is 7. The summed E-state index contributed by atoms with van der Waals surface area (Å²) >= 11 is 0. The molecule has 2 saturated heterocycles. The Bertz CT molecular complexity index is 1250. The molecule has 12 heteroatoms. The minimum atomic E-state index is -4.32. The first-order chi connectivity index (χ1) is 18.6. The summed E-state index contributed by atoms with van der Waals surface area (Å²) < 4.78 is 54.7. The van der Waals surface area contributed by atoms with Crippen molar-refractivity contribution < 1.29 is 22.6 Å². The maximum atomic E-state index is 13.7. The number of alkyl halides is 3. The molecule has 2 fully saturated rings. The molecule has 39 heavy (non-hydrogen) atoms. The van der Waals surface area contributed by atoms with Gasteiger partial charge in [0, 0.05) is 52.5 Å². The average Bonchev–Trinajstić information content (AvgIpc) is 3.23. The minimum Gasteiger partial charge on any atom is -0.378 e. The highest BCUT2D eigenvalue weighted by molar-refractivity contribution is 6.76. The smallest absolute Gasteiger partial charge is 0.378 e. The zero-order valence-corrected chi connectivity index (χ0v) is 23.7. The molecule has 0 aliphatic carbocycles. The van der Waals surface area contributed by atoms with Crippen molar-refractivity contribution in [1.82, 2.24) is 19.9 Å². The second kappa shape index (κ2) is 11.4. The van der Waals surface area contributed by atoms with E-state index < -0.39 is 26.2 Å². The molecule has 1 unspecified atom stereocenters. The van der Waals surface area contributed by atoms with Crippen molar-refractivity contribution in [3.05, 3.63) is 36.7 Å². The van der Waals surface area contributed by atoms with Gasteiger partial charge in [-0.15, -0.1) is 0 Å². The van der Waals surface area contributed by atoms with Crippen molar-refractivity contribution in [2.24, 2.45) is 5.92 Å². The lowest BCUT2D eigenvalue weighted by Gasteiger charge is -2.36. The Morgan fingerprint density at radius 2 is 1.85 bits per heavy atom. The number of anilines is 2. The van der Waals surface area contributed by atoms with E-state index in [1.807, 2.05) is 16.7 Å². The van der Waals surface area contributed by atoms with Crippen molar-refractivity contribution >= 4 is 30.6 Å². The fourth-order valence-electron chi connectivity index (χ4n) is 4.91. The van der Waals surface area contributed by atoms with Crippen LogP contribution in [0.25, 0.3) is 22.3 Å². The Labute approximate surface area is 227 Å². The molecular formula is C27H37F3N6O2Si. The van der Waals surface area contributed by atoms with Crippen LogP contribution in [-0.4, -0.2) is 80.8 Å². The molecule has 2 aliphatic rings. The molecule has 2 N–H and O–H groups in total. The molecule has 1 aromatic carbocycles. The molecule has 0 amide bonds. The van der Waals surface area contributed by atoms with Crippen molar-refractivity contribution in [2.45, 2.75) is 44.6 Å². The fourth-order valence-corrected chi connectivity index (χ4v) is 5.67. The summed E-state index contributed by atoms with van der Waals surface area (Å²) in [6.07, 6.45) is -2.74. The van der Waals surface area contributed by atoms with E-state index in [9.17, 15) is 13.2 Å². The van der Waals surface area contributed by atoms with Gasteiger partial charge in [-0.1, -0.05) is 31.8 Å². The summed E-state index contributed by atoms with van der Waals surface area (Å²) in [4.78, 5) is 11.4. The molecular weight excluding hydrogens is 525 g/mol. The Balaban J connectivity index is 1.44. The van der Waals surface area contributed by atoms with Gasteiger partial charge in [-0.05, 0) is 29.8 Å². The SMILES string of the molecule is C[Si](C)(C)CCOCn1c(-c2ccc(NC(C3CNC3)C(F)(F)F)cc2)cc2c(N3CCOCC3)ncnc21. The minimum absolute atomic E-state index is 0.327. The topological polar surface area (TPSA) is 76.5 Å². The Morgan fingerprint density at radius 3 is 2.46 bits per heavy atom. The largest absolute Gasteiger partial charge is 0.408 e. The van der Waals surface area contributed by atoms with Gasteiger partial charge in [0.1, 0.15) is 30.6 Å². The van der Waals surface area contributed by atoms with Crippen LogP contribution in [0.3, 0.4) is 0 Å². The van der Waals surface area contributed by atoms with Crippen LogP contribution >= 0.6 is 0 Å². The molecule has 3 aromatic rings. The van der Waals surface area contributed by atoms with Crippen LogP contribution in [0.1, 0.15) is 0 Å². The zero-order valence-electron chi connectivity index (χ0n) is 22.7. The van der Waals surface area contributed by atoms with Gasteiger partial charge in [-0.3, -0.25) is 0 Å². The number of hydrogen-bond donors (Lipinski definition) is 2. The molecule has 2 aliphatic heterocycles. The number of rotatable bonds is 10. The van der Waals surface area contributed by atoms with Crippen LogP contribution in [0.15, 0.2) is 36.7 Å². The summed E-state index contributed by atoms with van der Waals surface area (Å²) in [6.45, 7) is 11.4. The summed E-state index contributed by atoms with van der Waals surface area (Å²) in [5.74, 6) is 0.378. The van der Waals surface area contributed by atoms with Gasteiger partial charge in [-0.25, -0.2) is 9.97 Å². The molecule has 0 spiro atoms. The van der Waals surface area contributed by atoms with E-state index in [1.165, 1.54) is 0 Å². The second-order valence-corrected chi connectivity index (χ2v) is 17.1. The highest BCUT2D eigenvalue weighted by atomic mass is 28.3. The standard InChI is InChI=1S/C27H37F3N6O2Si/c1-39(2,3)13-12-38-18-36-23(14-22-25(32-17-33-26(22)36)35-8-10-37-11-9-35)19-4-6-21(7-5-19)34-24(27(28,29)30)20-15-31-16-20/h4-7,14,17,20,24,31,34H,8-13,15-16,18H2,1-3H3. The number of nitrogens with zero attached hydrogens (tertiary/aromatic N) is 4. The van der Waals surface area contributed by atoms with Gasteiger partial charge in [0.2, 0.25) is 0 Å². The number of fused-ring (bicyclic) bond motifs is 1. The van der Waals surface area contributed by atoms with E-state index in [0.29, 0.717) is 45.3 Å². The first kappa shape index (κ1) is 27.9.